The van der Waals surface area contributed by atoms with Gasteiger partial charge in [-0.25, -0.2) is 0 Å². The van der Waals surface area contributed by atoms with Gasteiger partial charge < -0.3 is 10.6 Å². The van der Waals surface area contributed by atoms with Crippen molar-refractivity contribution < 1.29 is 4.79 Å². The van der Waals surface area contributed by atoms with Gasteiger partial charge in [-0.15, -0.1) is 0 Å². The van der Waals surface area contributed by atoms with E-state index in [-0.39, 0.29) is 5.91 Å². The van der Waals surface area contributed by atoms with Gasteiger partial charge in [0.2, 0.25) is 5.91 Å². The van der Waals surface area contributed by atoms with E-state index in [0.29, 0.717) is 12.5 Å². The minimum Gasteiger partial charge on any atom is -0.355 e. The van der Waals surface area contributed by atoms with Crippen molar-refractivity contribution in [2.24, 2.45) is 13.0 Å². The first kappa shape index (κ1) is 13.7. The molecule has 96 valence electrons. The highest BCUT2D eigenvalue weighted by Gasteiger charge is 2.01. The summed E-state index contributed by atoms with van der Waals surface area (Å²) in [6.07, 6.45) is 4.73. The van der Waals surface area contributed by atoms with Gasteiger partial charge >= 0.3 is 0 Å². The van der Waals surface area contributed by atoms with Crippen LogP contribution in [0.2, 0.25) is 0 Å². The second kappa shape index (κ2) is 7.06. The molecule has 5 heteroatoms. The van der Waals surface area contributed by atoms with Gasteiger partial charge in [0, 0.05) is 19.8 Å². The number of hydrogen-bond acceptors (Lipinski definition) is 3. The molecule has 1 rings (SSSR count). The standard InChI is InChI=1S/C12H22N4O/c1-10(2)6-14-12(17)8-13-5-4-11-7-15-16(3)9-11/h7,9-10,13H,4-6,8H2,1-3H3,(H,14,17). The SMILES string of the molecule is CC(C)CNC(=O)CNCCc1cnn(C)c1. The third-order valence-electron chi connectivity index (χ3n) is 2.34. The lowest BCUT2D eigenvalue weighted by atomic mass is 10.2. The largest absolute Gasteiger partial charge is 0.355 e. The van der Waals surface area contributed by atoms with Crippen LogP contribution in [0.5, 0.6) is 0 Å². The summed E-state index contributed by atoms with van der Waals surface area (Å²) in [6.45, 7) is 6.07. The highest BCUT2D eigenvalue weighted by atomic mass is 16.1. The second-order valence-electron chi connectivity index (χ2n) is 4.65. The van der Waals surface area contributed by atoms with E-state index in [1.807, 2.05) is 19.4 Å². The predicted octanol–water partition coefficient (Wildman–Crippen LogP) is 0.324. The van der Waals surface area contributed by atoms with Crippen LogP contribution >= 0.6 is 0 Å². The Labute approximate surface area is 103 Å². The van der Waals surface area contributed by atoms with Crippen LogP contribution in [0.15, 0.2) is 12.4 Å². The Morgan fingerprint density at radius 2 is 2.29 bits per heavy atom. The number of carbonyl (C=O) groups is 1. The summed E-state index contributed by atoms with van der Waals surface area (Å²) in [6, 6.07) is 0. The Bertz CT molecular complexity index is 346. The van der Waals surface area contributed by atoms with E-state index in [1.54, 1.807) is 4.68 Å². The third kappa shape index (κ3) is 6.06. The molecule has 0 fully saturated rings. The van der Waals surface area contributed by atoms with Crippen molar-refractivity contribution in [3.8, 4) is 0 Å². The average Bonchev–Trinajstić information content (AvgIpc) is 2.68. The van der Waals surface area contributed by atoms with Crippen molar-refractivity contribution >= 4 is 5.91 Å². The molecule has 17 heavy (non-hydrogen) atoms. The summed E-state index contributed by atoms with van der Waals surface area (Å²) in [4.78, 5) is 11.4. The van der Waals surface area contributed by atoms with Gasteiger partial charge in [-0.3, -0.25) is 9.48 Å². The summed E-state index contributed by atoms with van der Waals surface area (Å²) in [5.41, 5.74) is 1.18. The van der Waals surface area contributed by atoms with Crippen LogP contribution in [0.3, 0.4) is 0 Å². The predicted molar refractivity (Wildman–Crippen MR) is 67.6 cm³/mol. The molecule has 1 amide bonds. The van der Waals surface area contributed by atoms with Crippen molar-refractivity contribution in [2.75, 3.05) is 19.6 Å². The maximum absolute atomic E-state index is 11.4. The Morgan fingerprint density at radius 1 is 1.53 bits per heavy atom. The molecule has 0 aliphatic rings. The van der Waals surface area contributed by atoms with Gasteiger partial charge in [0.1, 0.15) is 0 Å². The monoisotopic (exact) mass is 238 g/mol. The number of rotatable bonds is 7. The van der Waals surface area contributed by atoms with Crippen molar-refractivity contribution in [3.05, 3.63) is 18.0 Å². The molecule has 0 unspecified atom stereocenters. The van der Waals surface area contributed by atoms with Crippen molar-refractivity contribution in [1.82, 2.24) is 20.4 Å². The summed E-state index contributed by atoms with van der Waals surface area (Å²) in [7, 11) is 1.90. The Balaban J connectivity index is 2.06. The van der Waals surface area contributed by atoms with E-state index in [4.69, 9.17) is 0 Å². The fraction of sp³-hybridized carbons (Fsp3) is 0.667. The number of aromatic nitrogens is 2. The first-order valence-corrected chi connectivity index (χ1v) is 6.03. The maximum Gasteiger partial charge on any atom is 0.233 e. The summed E-state index contributed by atoms with van der Waals surface area (Å²) < 4.78 is 1.78. The van der Waals surface area contributed by atoms with Crippen LogP contribution in [0, 0.1) is 5.92 Å². The van der Waals surface area contributed by atoms with Gasteiger partial charge in [0.25, 0.3) is 0 Å². The highest BCUT2D eigenvalue weighted by molar-refractivity contribution is 5.77. The Morgan fingerprint density at radius 3 is 2.88 bits per heavy atom. The summed E-state index contributed by atoms with van der Waals surface area (Å²) in [5, 5.41) is 10.1. The topological polar surface area (TPSA) is 59.0 Å². The molecule has 0 bridgehead atoms. The van der Waals surface area contributed by atoms with E-state index in [0.717, 1.165) is 19.5 Å². The number of nitrogens with one attached hydrogen (secondary N) is 2. The number of hydrogen-bond donors (Lipinski definition) is 2. The molecule has 0 radical (unpaired) electrons. The molecular weight excluding hydrogens is 216 g/mol. The number of carbonyl (C=O) groups excluding carboxylic acids is 1. The van der Waals surface area contributed by atoms with Crippen LogP contribution in [0.25, 0.3) is 0 Å². The molecule has 0 aromatic carbocycles. The van der Waals surface area contributed by atoms with Gasteiger partial charge in [0.05, 0.1) is 12.7 Å². The van der Waals surface area contributed by atoms with Crippen molar-refractivity contribution in [2.45, 2.75) is 20.3 Å². The molecule has 0 atom stereocenters. The van der Waals surface area contributed by atoms with E-state index in [1.165, 1.54) is 5.56 Å². The first-order valence-electron chi connectivity index (χ1n) is 6.03. The molecule has 2 N–H and O–H groups in total. The van der Waals surface area contributed by atoms with Crippen molar-refractivity contribution in [1.29, 1.82) is 0 Å². The Kier molecular flexibility index (Phi) is 5.69. The molecule has 0 aliphatic carbocycles. The number of aryl methyl sites for hydroxylation is 1. The van der Waals surface area contributed by atoms with Gasteiger partial charge in [-0.2, -0.15) is 5.10 Å². The van der Waals surface area contributed by atoms with Gasteiger partial charge in [-0.1, -0.05) is 13.8 Å². The van der Waals surface area contributed by atoms with Crippen LogP contribution in [0.4, 0.5) is 0 Å². The lowest BCUT2D eigenvalue weighted by Gasteiger charge is -2.08. The fourth-order valence-corrected chi connectivity index (χ4v) is 1.42. The number of nitrogens with zero attached hydrogens (tertiary/aromatic N) is 2. The zero-order valence-electron chi connectivity index (χ0n) is 10.9. The molecule has 5 nitrogen and oxygen atoms in total. The average molecular weight is 238 g/mol. The maximum atomic E-state index is 11.4. The van der Waals surface area contributed by atoms with E-state index >= 15 is 0 Å². The van der Waals surface area contributed by atoms with E-state index in [2.05, 4.69) is 29.6 Å². The number of amides is 1. The molecule has 0 spiro atoms. The minimum atomic E-state index is 0.0601. The molecular formula is C12H22N4O. The Hall–Kier alpha value is -1.36. The minimum absolute atomic E-state index is 0.0601. The quantitative estimate of drug-likeness (QED) is 0.673. The van der Waals surface area contributed by atoms with E-state index in [9.17, 15) is 4.79 Å². The van der Waals surface area contributed by atoms with Gasteiger partial charge in [-0.05, 0) is 24.4 Å². The second-order valence-corrected chi connectivity index (χ2v) is 4.65. The normalized spacial score (nSPS) is 10.8. The summed E-state index contributed by atoms with van der Waals surface area (Å²) in [5.74, 6) is 0.555. The van der Waals surface area contributed by atoms with Crippen LogP contribution in [-0.2, 0) is 18.3 Å². The fourth-order valence-electron chi connectivity index (χ4n) is 1.42. The molecule has 0 saturated heterocycles. The van der Waals surface area contributed by atoms with Crippen LogP contribution in [-0.4, -0.2) is 35.3 Å². The lowest BCUT2D eigenvalue weighted by Crippen LogP contribution is -2.36. The molecule has 1 aromatic rings. The van der Waals surface area contributed by atoms with Gasteiger partial charge in [0.15, 0.2) is 0 Å². The highest BCUT2D eigenvalue weighted by Crippen LogP contribution is 1.95. The molecule has 1 aromatic heterocycles. The van der Waals surface area contributed by atoms with Crippen LogP contribution < -0.4 is 10.6 Å². The molecule has 1 heterocycles. The van der Waals surface area contributed by atoms with Crippen molar-refractivity contribution in [3.63, 3.8) is 0 Å². The van der Waals surface area contributed by atoms with Crippen LogP contribution in [0.1, 0.15) is 19.4 Å². The smallest absolute Gasteiger partial charge is 0.233 e. The molecule has 0 aliphatic heterocycles. The third-order valence-corrected chi connectivity index (χ3v) is 2.34. The first-order chi connectivity index (χ1) is 8.08. The molecule has 0 saturated carbocycles. The summed E-state index contributed by atoms with van der Waals surface area (Å²) >= 11 is 0. The zero-order chi connectivity index (χ0) is 12.7. The zero-order valence-corrected chi connectivity index (χ0v) is 10.9. The lowest BCUT2D eigenvalue weighted by molar-refractivity contribution is -0.120. The van der Waals surface area contributed by atoms with E-state index < -0.39 is 0 Å².